The first-order valence-electron chi connectivity index (χ1n) is 9.53. The minimum absolute atomic E-state index is 0.562. The van der Waals surface area contributed by atoms with E-state index in [4.69, 9.17) is 9.31 Å². The smallest absolute Gasteiger partial charge is 0.391 e. The molecule has 4 nitrogen and oxygen atoms in total. The molecule has 3 heterocycles. The third-order valence-electron chi connectivity index (χ3n) is 5.14. The third-order valence-corrected chi connectivity index (χ3v) is 7.49. The van der Waals surface area contributed by atoms with Crippen LogP contribution in [0.25, 0.3) is 20.2 Å². The first-order valence-corrected chi connectivity index (χ1v) is 12.5. The van der Waals surface area contributed by atoms with E-state index in [0.717, 1.165) is 0 Å². The first kappa shape index (κ1) is 23.0. The minimum Gasteiger partial charge on any atom is -0.391 e. The number of hydrogen-bond donors (Lipinski definition) is 1. The summed E-state index contributed by atoms with van der Waals surface area (Å²) in [4.78, 5) is 0. The van der Waals surface area contributed by atoms with Crippen LogP contribution in [-0.2, 0) is 19.9 Å². The summed E-state index contributed by atoms with van der Waals surface area (Å²) in [5.74, 6) is 0. The van der Waals surface area contributed by atoms with E-state index in [1.807, 2.05) is 27.7 Å². The lowest BCUT2D eigenvalue weighted by molar-refractivity contribution is 0.00578. The summed E-state index contributed by atoms with van der Waals surface area (Å²) in [7, 11) is -2.66. The third kappa shape index (κ3) is 5.50. The summed E-state index contributed by atoms with van der Waals surface area (Å²) >= 11 is 3.57. The lowest BCUT2D eigenvalue weighted by Gasteiger charge is -2.32. The molecular weight excluding hydrogens is 435 g/mol. The lowest BCUT2D eigenvalue weighted by Crippen LogP contribution is -2.41. The molecule has 4 aromatic rings. The summed E-state index contributed by atoms with van der Waals surface area (Å²) in [5.41, 5.74) is -1.12. The Labute approximate surface area is 187 Å². The Morgan fingerprint density at radius 2 is 1.10 bits per heavy atom. The average molecular weight is 460 g/mol. The Morgan fingerprint density at radius 3 is 1.43 bits per heavy atom. The summed E-state index contributed by atoms with van der Waals surface area (Å²) in [6, 6.07) is 21.1. The quantitative estimate of drug-likeness (QED) is 0.280. The maximum absolute atomic E-state index is 10.6. The number of fused-ring (bicyclic) bond motifs is 2. The van der Waals surface area contributed by atoms with Crippen molar-refractivity contribution < 1.29 is 17.7 Å². The fourth-order valence-electron chi connectivity index (χ4n) is 2.71. The maximum Gasteiger partial charge on any atom is 0.595 e. The number of thiol groups is 1. The van der Waals surface area contributed by atoms with Crippen LogP contribution >= 0.6 is 22.7 Å². The number of hydrogen-bond acceptors (Lipinski definition) is 6. The van der Waals surface area contributed by atoms with Crippen molar-refractivity contribution in [3.8, 4) is 0 Å². The van der Waals surface area contributed by atoms with Crippen LogP contribution < -0.4 is 0 Å². The van der Waals surface area contributed by atoms with Gasteiger partial charge in [-0.25, -0.2) is 8.42 Å². The highest BCUT2D eigenvalue weighted by Crippen LogP contribution is 2.36. The van der Waals surface area contributed by atoms with E-state index >= 15 is 0 Å². The maximum atomic E-state index is 10.6. The lowest BCUT2D eigenvalue weighted by atomic mass is 9.90. The van der Waals surface area contributed by atoms with Crippen LogP contribution in [0.15, 0.2) is 71.4 Å². The molecule has 8 heteroatoms. The molecule has 30 heavy (non-hydrogen) atoms. The topological polar surface area (TPSA) is 52.6 Å². The van der Waals surface area contributed by atoms with Gasteiger partial charge in [-0.2, -0.15) is 0 Å². The molecule has 0 spiro atoms. The number of rotatable bonds is 1. The van der Waals surface area contributed by atoms with Crippen LogP contribution in [-0.4, -0.2) is 26.0 Å². The molecule has 0 unspecified atom stereocenters. The first-order chi connectivity index (χ1) is 14.2. The van der Waals surface area contributed by atoms with Crippen LogP contribution in [0.1, 0.15) is 27.7 Å². The molecule has 1 fully saturated rings. The Hall–Kier alpha value is -1.71. The molecule has 0 N–H and O–H groups in total. The van der Waals surface area contributed by atoms with Gasteiger partial charge in [0, 0.05) is 9.40 Å². The van der Waals surface area contributed by atoms with E-state index in [2.05, 4.69) is 71.4 Å². The highest BCUT2D eigenvalue weighted by molar-refractivity contribution is 8.01. The van der Waals surface area contributed by atoms with Gasteiger partial charge in [-0.3, -0.25) is 0 Å². The van der Waals surface area contributed by atoms with Crippen LogP contribution in [0, 0.1) is 0 Å². The van der Waals surface area contributed by atoms with E-state index in [9.17, 15) is 8.42 Å². The summed E-state index contributed by atoms with van der Waals surface area (Å²) in [5, 5.41) is 6.93. The zero-order valence-electron chi connectivity index (χ0n) is 17.4. The van der Waals surface area contributed by atoms with Crippen molar-refractivity contribution in [3.63, 3.8) is 0 Å². The molecule has 1 saturated heterocycles. The van der Waals surface area contributed by atoms with Crippen molar-refractivity contribution in [3.05, 3.63) is 71.4 Å². The molecule has 0 saturated carbocycles. The summed E-state index contributed by atoms with van der Waals surface area (Å²) in [6.07, 6.45) is -1.09. The van der Waals surface area contributed by atoms with E-state index in [0.29, 0.717) is 0 Å². The Kier molecular flexibility index (Phi) is 7.36. The SMILES string of the molecule is CC1(C)OB([SH](=O)=O)OC1(C)C.c1ccc2sccc2c1.c1ccc2sccc2c1. The van der Waals surface area contributed by atoms with Crippen LogP contribution in [0.3, 0.4) is 0 Å². The van der Waals surface area contributed by atoms with Gasteiger partial charge in [0.15, 0.2) is 10.6 Å². The summed E-state index contributed by atoms with van der Waals surface area (Å²) < 4.78 is 34.3. The zero-order valence-corrected chi connectivity index (χ0v) is 19.9. The van der Waals surface area contributed by atoms with Gasteiger partial charge < -0.3 is 9.31 Å². The molecule has 2 aromatic heterocycles. The molecule has 2 aromatic carbocycles. The average Bonchev–Trinajstić information content (AvgIpc) is 3.41. The van der Waals surface area contributed by atoms with E-state index in [1.54, 1.807) is 22.7 Å². The second kappa shape index (κ2) is 9.62. The molecule has 1 aliphatic heterocycles. The number of thiophene rings is 2. The van der Waals surface area contributed by atoms with Crippen molar-refractivity contribution in [1.82, 2.24) is 0 Å². The normalized spacial score (nSPS) is 16.8. The van der Waals surface area contributed by atoms with Gasteiger partial charge in [-0.1, -0.05) is 36.4 Å². The largest absolute Gasteiger partial charge is 0.595 e. The molecule has 0 bridgehead atoms. The molecule has 0 atom stereocenters. The molecule has 1 aliphatic rings. The molecule has 0 amide bonds. The van der Waals surface area contributed by atoms with Gasteiger partial charge in [0.05, 0.1) is 11.2 Å². The fraction of sp³-hybridized carbons (Fsp3) is 0.273. The van der Waals surface area contributed by atoms with Gasteiger partial charge in [0.1, 0.15) is 0 Å². The van der Waals surface area contributed by atoms with Crippen molar-refractivity contribution in [1.29, 1.82) is 0 Å². The van der Waals surface area contributed by atoms with Crippen LogP contribution in [0.4, 0.5) is 0 Å². The standard InChI is InChI=1S/2C8H6S.C6H13BO4S/c2*1-2-4-8-7(3-1)5-6-9-8;1-5(2)6(3,4)11-7(10-5)12(8)9/h2*1-6H;12H,1-4H3. The van der Waals surface area contributed by atoms with Gasteiger partial charge in [0.2, 0.25) is 0 Å². The summed E-state index contributed by atoms with van der Waals surface area (Å²) in [6.45, 7) is 7.25. The predicted molar refractivity (Wildman–Crippen MR) is 130 cm³/mol. The van der Waals surface area contributed by atoms with Crippen LogP contribution in [0.2, 0.25) is 0 Å². The van der Waals surface area contributed by atoms with E-state index in [-0.39, 0.29) is 0 Å². The highest BCUT2D eigenvalue weighted by Gasteiger charge is 2.53. The number of benzene rings is 2. The van der Waals surface area contributed by atoms with Gasteiger partial charge in [0.25, 0.3) is 0 Å². The molecule has 5 rings (SSSR count). The fourth-order valence-corrected chi connectivity index (χ4v) is 4.99. The molecular formula is C22H25BO4S3. The predicted octanol–water partition coefficient (Wildman–Crippen LogP) is 5.99. The van der Waals surface area contributed by atoms with E-state index in [1.165, 1.54) is 20.2 Å². The van der Waals surface area contributed by atoms with Crippen molar-refractivity contribution in [2.45, 2.75) is 38.9 Å². The van der Waals surface area contributed by atoms with Crippen molar-refractivity contribution in [2.75, 3.05) is 0 Å². The Balaban J connectivity index is 0.000000130. The minimum atomic E-state index is -2.66. The highest BCUT2D eigenvalue weighted by atomic mass is 32.2. The van der Waals surface area contributed by atoms with Gasteiger partial charge in [-0.15, -0.1) is 22.7 Å². The van der Waals surface area contributed by atoms with Gasteiger partial charge in [-0.05, 0) is 73.5 Å². The monoisotopic (exact) mass is 460 g/mol. The van der Waals surface area contributed by atoms with E-state index < -0.39 is 28.2 Å². The van der Waals surface area contributed by atoms with Crippen molar-refractivity contribution >= 4 is 59.8 Å². The second-order valence-electron chi connectivity index (χ2n) is 7.77. The molecule has 158 valence electrons. The van der Waals surface area contributed by atoms with Crippen LogP contribution in [0.5, 0.6) is 0 Å². The van der Waals surface area contributed by atoms with Gasteiger partial charge >= 0.3 is 6.40 Å². The Morgan fingerprint density at radius 1 is 0.700 bits per heavy atom. The van der Waals surface area contributed by atoms with Crippen molar-refractivity contribution in [2.24, 2.45) is 0 Å². The Bertz CT molecular complexity index is 1030. The second-order valence-corrected chi connectivity index (χ2v) is 10.7. The molecule has 0 aliphatic carbocycles. The zero-order chi connectivity index (χ0) is 21.8. The molecule has 0 radical (unpaired) electrons.